The zero-order valence-electron chi connectivity index (χ0n) is 9.51. The predicted molar refractivity (Wildman–Crippen MR) is 72.1 cm³/mol. The Balaban J connectivity index is 2.65. The number of nitrogens with one attached hydrogen (secondary N) is 2. The summed E-state index contributed by atoms with van der Waals surface area (Å²) in [4.78, 5) is 10.3. The summed E-state index contributed by atoms with van der Waals surface area (Å²) in [6.45, 7) is 0.418. The maximum Gasteiger partial charge on any atom is 0.293 e. The molecule has 0 spiro atoms. The fraction of sp³-hybridized carbons (Fsp3) is 0.333. The van der Waals surface area contributed by atoms with E-state index >= 15 is 0 Å². The minimum Gasteiger partial charge on any atom is -0.378 e. The van der Waals surface area contributed by atoms with Gasteiger partial charge in [-0.05, 0) is 12.1 Å². The van der Waals surface area contributed by atoms with E-state index < -0.39 is 14.9 Å². The largest absolute Gasteiger partial charge is 0.378 e. The summed E-state index contributed by atoms with van der Waals surface area (Å²) < 4.78 is 24.5. The lowest BCUT2D eigenvalue weighted by atomic mass is 10.2. The van der Waals surface area contributed by atoms with Gasteiger partial charge in [0.15, 0.2) is 0 Å². The zero-order chi connectivity index (χ0) is 13.8. The molecule has 2 N–H and O–H groups in total. The van der Waals surface area contributed by atoms with Gasteiger partial charge in [-0.15, -0.1) is 0 Å². The average molecular weight is 338 g/mol. The molecule has 0 aromatic heterocycles. The van der Waals surface area contributed by atoms with E-state index in [0.717, 1.165) is 6.26 Å². The molecule has 0 saturated carbocycles. The normalized spacial score (nSPS) is 11.2. The van der Waals surface area contributed by atoms with E-state index in [-0.39, 0.29) is 18.8 Å². The van der Waals surface area contributed by atoms with Crippen molar-refractivity contribution in [2.75, 3.05) is 24.7 Å². The van der Waals surface area contributed by atoms with Crippen molar-refractivity contribution in [3.63, 3.8) is 0 Å². The fourth-order valence-corrected chi connectivity index (χ4v) is 2.06. The third-order valence-corrected chi connectivity index (χ3v) is 3.18. The van der Waals surface area contributed by atoms with E-state index in [9.17, 15) is 18.5 Å². The number of nitro benzene ring substituents is 1. The highest BCUT2D eigenvalue weighted by Crippen LogP contribution is 2.27. The van der Waals surface area contributed by atoms with E-state index in [1.165, 1.54) is 6.07 Å². The fourth-order valence-electron chi connectivity index (χ4n) is 1.24. The molecule has 0 atom stereocenters. The van der Waals surface area contributed by atoms with Crippen LogP contribution in [0.4, 0.5) is 11.4 Å². The summed E-state index contributed by atoms with van der Waals surface area (Å²) in [6.07, 6.45) is 1.05. The molecule has 0 saturated heterocycles. The molecule has 0 aliphatic rings. The van der Waals surface area contributed by atoms with Crippen molar-refractivity contribution < 1.29 is 13.3 Å². The number of nitro groups is 1. The highest BCUT2D eigenvalue weighted by atomic mass is 79.9. The van der Waals surface area contributed by atoms with Crippen LogP contribution in [0.5, 0.6) is 0 Å². The molecule has 0 radical (unpaired) electrons. The first-order valence-electron chi connectivity index (χ1n) is 4.92. The second-order valence-electron chi connectivity index (χ2n) is 3.51. The molecule has 0 aliphatic carbocycles. The van der Waals surface area contributed by atoms with Crippen molar-refractivity contribution in [3.8, 4) is 0 Å². The molecule has 0 unspecified atom stereocenters. The van der Waals surface area contributed by atoms with Crippen LogP contribution in [0.3, 0.4) is 0 Å². The molecular formula is C9H12BrN3O4S. The second kappa shape index (κ2) is 6.12. The van der Waals surface area contributed by atoms with Crippen LogP contribution < -0.4 is 10.0 Å². The van der Waals surface area contributed by atoms with E-state index in [0.29, 0.717) is 10.2 Å². The van der Waals surface area contributed by atoms with Gasteiger partial charge in [0, 0.05) is 23.6 Å². The van der Waals surface area contributed by atoms with Crippen molar-refractivity contribution >= 4 is 37.3 Å². The predicted octanol–water partition coefficient (Wildman–Crippen LogP) is 1.32. The number of hydrogen-bond acceptors (Lipinski definition) is 5. The summed E-state index contributed by atoms with van der Waals surface area (Å²) in [7, 11) is -3.24. The molecule has 0 bridgehead atoms. The number of anilines is 1. The van der Waals surface area contributed by atoms with E-state index in [2.05, 4.69) is 26.0 Å². The molecule has 1 rings (SSSR count). The monoisotopic (exact) mass is 337 g/mol. The van der Waals surface area contributed by atoms with E-state index in [1.54, 1.807) is 12.1 Å². The van der Waals surface area contributed by atoms with Gasteiger partial charge in [-0.3, -0.25) is 10.1 Å². The molecule has 18 heavy (non-hydrogen) atoms. The second-order valence-corrected chi connectivity index (χ2v) is 6.26. The van der Waals surface area contributed by atoms with Gasteiger partial charge in [0.25, 0.3) is 5.69 Å². The summed E-state index contributed by atoms with van der Waals surface area (Å²) >= 11 is 3.15. The summed E-state index contributed by atoms with van der Waals surface area (Å²) in [5.74, 6) is 0. The van der Waals surface area contributed by atoms with Gasteiger partial charge < -0.3 is 5.32 Å². The number of halogens is 1. The number of rotatable bonds is 6. The number of benzene rings is 1. The van der Waals surface area contributed by atoms with Gasteiger partial charge in [-0.25, -0.2) is 13.1 Å². The van der Waals surface area contributed by atoms with Gasteiger partial charge in [0.2, 0.25) is 10.0 Å². The third kappa shape index (κ3) is 4.98. The lowest BCUT2D eigenvalue weighted by Gasteiger charge is -2.07. The SMILES string of the molecule is CS(=O)(=O)NCCNc1ccc(Br)cc1[N+](=O)[O-]. The first-order valence-corrected chi connectivity index (χ1v) is 7.60. The molecular weight excluding hydrogens is 326 g/mol. The molecule has 0 amide bonds. The van der Waals surface area contributed by atoms with Crippen LogP contribution in [0.15, 0.2) is 22.7 Å². The molecule has 7 nitrogen and oxygen atoms in total. The number of sulfonamides is 1. The topological polar surface area (TPSA) is 101 Å². The van der Waals surface area contributed by atoms with Crippen LogP contribution in [0, 0.1) is 10.1 Å². The maximum absolute atomic E-state index is 10.8. The van der Waals surface area contributed by atoms with Crippen LogP contribution in [0.25, 0.3) is 0 Å². The van der Waals surface area contributed by atoms with Crippen molar-refractivity contribution in [1.29, 1.82) is 0 Å². The van der Waals surface area contributed by atoms with Crippen molar-refractivity contribution in [2.45, 2.75) is 0 Å². The minimum absolute atomic E-state index is 0.0660. The Labute approximate surface area is 113 Å². The first kappa shape index (κ1) is 14.9. The Morgan fingerprint density at radius 3 is 2.61 bits per heavy atom. The average Bonchev–Trinajstić information content (AvgIpc) is 2.24. The molecule has 0 fully saturated rings. The van der Waals surface area contributed by atoms with Crippen LogP contribution in [0.1, 0.15) is 0 Å². The highest BCUT2D eigenvalue weighted by Gasteiger charge is 2.13. The van der Waals surface area contributed by atoms with Crippen LogP contribution >= 0.6 is 15.9 Å². The summed E-state index contributed by atoms with van der Waals surface area (Å²) in [5.41, 5.74) is 0.280. The Kier molecular flexibility index (Phi) is 5.05. The van der Waals surface area contributed by atoms with Crippen molar-refractivity contribution in [3.05, 3.63) is 32.8 Å². The van der Waals surface area contributed by atoms with Gasteiger partial charge in [-0.2, -0.15) is 0 Å². The molecule has 0 aliphatic heterocycles. The van der Waals surface area contributed by atoms with Gasteiger partial charge >= 0.3 is 0 Å². The van der Waals surface area contributed by atoms with Crippen molar-refractivity contribution in [1.82, 2.24) is 4.72 Å². The smallest absolute Gasteiger partial charge is 0.293 e. The zero-order valence-corrected chi connectivity index (χ0v) is 11.9. The van der Waals surface area contributed by atoms with E-state index in [1.807, 2.05) is 0 Å². The molecule has 1 aromatic carbocycles. The number of hydrogen-bond donors (Lipinski definition) is 2. The van der Waals surface area contributed by atoms with E-state index in [4.69, 9.17) is 0 Å². The Bertz CT molecular complexity index is 547. The molecule has 0 heterocycles. The quantitative estimate of drug-likeness (QED) is 0.463. The molecule has 100 valence electrons. The summed E-state index contributed by atoms with van der Waals surface area (Å²) in [6, 6.07) is 4.61. The van der Waals surface area contributed by atoms with Gasteiger partial charge in [-0.1, -0.05) is 15.9 Å². The van der Waals surface area contributed by atoms with Crippen molar-refractivity contribution in [2.24, 2.45) is 0 Å². The maximum atomic E-state index is 10.8. The third-order valence-electron chi connectivity index (χ3n) is 1.96. The lowest BCUT2D eigenvalue weighted by Crippen LogP contribution is -2.27. The Morgan fingerprint density at radius 1 is 1.39 bits per heavy atom. The standard InChI is InChI=1S/C9H12BrN3O4S/c1-18(16,17)12-5-4-11-8-3-2-7(10)6-9(8)13(14)15/h2-3,6,11-12H,4-5H2,1H3. The lowest BCUT2D eigenvalue weighted by molar-refractivity contribution is -0.384. The van der Waals surface area contributed by atoms with Crippen LogP contribution in [0.2, 0.25) is 0 Å². The Morgan fingerprint density at radius 2 is 2.06 bits per heavy atom. The first-order chi connectivity index (χ1) is 8.29. The minimum atomic E-state index is -3.24. The molecule has 9 heteroatoms. The van der Waals surface area contributed by atoms with Crippen LogP contribution in [-0.4, -0.2) is 32.7 Å². The Hall–Kier alpha value is -1.19. The number of nitrogens with zero attached hydrogens (tertiary/aromatic N) is 1. The van der Waals surface area contributed by atoms with Crippen LogP contribution in [-0.2, 0) is 10.0 Å². The molecule has 1 aromatic rings. The van der Waals surface area contributed by atoms with Gasteiger partial charge in [0.05, 0.1) is 11.2 Å². The summed E-state index contributed by atoms with van der Waals surface area (Å²) in [5, 5.41) is 13.6. The van der Waals surface area contributed by atoms with Gasteiger partial charge in [0.1, 0.15) is 5.69 Å². The highest BCUT2D eigenvalue weighted by molar-refractivity contribution is 9.10.